The van der Waals surface area contributed by atoms with Gasteiger partial charge in [-0.3, -0.25) is 0 Å². The van der Waals surface area contributed by atoms with E-state index in [-0.39, 0.29) is 5.76 Å². The molecule has 0 saturated carbocycles. The first kappa shape index (κ1) is 12.2. The third kappa shape index (κ3) is 2.08. The fourth-order valence-electron chi connectivity index (χ4n) is 1.81. The van der Waals surface area contributed by atoms with Crippen molar-refractivity contribution < 1.29 is 19.1 Å². The number of hydrogen-bond donors (Lipinski definition) is 1. The highest BCUT2D eigenvalue weighted by Crippen LogP contribution is 2.27. The average Bonchev–Trinajstić information content (AvgIpc) is 2.68. The van der Waals surface area contributed by atoms with Crippen LogP contribution in [0.5, 0.6) is 0 Å². The molecule has 1 aromatic carbocycles. The van der Waals surface area contributed by atoms with Crippen molar-refractivity contribution in [2.24, 2.45) is 0 Å². The summed E-state index contributed by atoms with van der Waals surface area (Å²) < 4.78 is 10.2. The van der Waals surface area contributed by atoms with Crippen molar-refractivity contribution in [3.8, 4) is 11.8 Å². The minimum atomic E-state index is -1.07. The molecule has 2 aromatic rings. The minimum Gasteiger partial charge on any atom is -0.475 e. The van der Waals surface area contributed by atoms with Gasteiger partial charge in [0, 0.05) is 23.6 Å². The number of hydrogen-bond acceptors (Lipinski definition) is 3. The standard InChI is InChI=1S/C14H12O4/c1-9-12-10(6-4-8-17-2)5-3-7-11(12)18-13(9)14(15)16/h3,5,7H,8H2,1-2H3,(H,15,16). The predicted octanol–water partition coefficient (Wildman–Crippen LogP) is 2.44. The third-order valence-electron chi connectivity index (χ3n) is 2.59. The fraction of sp³-hybridized carbons (Fsp3) is 0.214. The smallest absolute Gasteiger partial charge is 0.372 e. The Balaban J connectivity index is 2.62. The molecular formula is C14H12O4. The molecule has 0 aliphatic heterocycles. The van der Waals surface area contributed by atoms with Crippen molar-refractivity contribution in [3.63, 3.8) is 0 Å². The number of rotatable bonds is 2. The van der Waals surface area contributed by atoms with Gasteiger partial charge in [-0.1, -0.05) is 17.9 Å². The Morgan fingerprint density at radius 3 is 2.94 bits per heavy atom. The number of fused-ring (bicyclic) bond motifs is 1. The summed E-state index contributed by atoms with van der Waals surface area (Å²) in [5, 5.41) is 9.77. The largest absolute Gasteiger partial charge is 0.475 e. The van der Waals surface area contributed by atoms with Crippen LogP contribution in [-0.4, -0.2) is 24.8 Å². The Labute approximate surface area is 104 Å². The topological polar surface area (TPSA) is 59.7 Å². The number of aryl methyl sites for hydroxylation is 1. The van der Waals surface area contributed by atoms with E-state index in [0.29, 0.717) is 17.8 Å². The van der Waals surface area contributed by atoms with Crippen LogP contribution >= 0.6 is 0 Å². The van der Waals surface area contributed by atoms with E-state index in [2.05, 4.69) is 11.8 Å². The molecule has 0 aliphatic rings. The van der Waals surface area contributed by atoms with E-state index < -0.39 is 5.97 Å². The number of benzene rings is 1. The van der Waals surface area contributed by atoms with Gasteiger partial charge in [-0.2, -0.15) is 0 Å². The first-order chi connectivity index (χ1) is 8.65. The SMILES string of the molecule is COCC#Cc1cccc2oc(C(=O)O)c(C)c12. The first-order valence-electron chi connectivity index (χ1n) is 5.38. The monoisotopic (exact) mass is 244 g/mol. The minimum absolute atomic E-state index is 0.0361. The van der Waals surface area contributed by atoms with E-state index in [9.17, 15) is 4.79 Å². The van der Waals surface area contributed by atoms with E-state index >= 15 is 0 Å². The molecule has 0 fully saturated rings. The molecule has 1 N–H and O–H groups in total. The number of methoxy groups -OCH3 is 1. The molecular weight excluding hydrogens is 232 g/mol. The Morgan fingerprint density at radius 2 is 2.28 bits per heavy atom. The summed E-state index contributed by atoms with van der Waals surface area (Å²) in [6, 6.07) is 5.35. The fourth-order valence-corrected chi connectivity index (χ4v) is 1.81. The number of furan rings is 1. The molecule has 0 bridgehead atoms. The lowest BCUT2D eigenvalue weighted by Crippen LogP contribution is -1.95. The molecule has 0 unspecified atom stereocenters. The molecule has 92 valence electrons. The van der Waals surface area contributed by atoms with E-state index in [1.807, 2.05) is 6.07 Å². The van der Waals surface area contributed by atoms with Crippen molar-refractivity contribution in [1.29, 1.82) is 0 Å². The van der Waals surface area contributed by atoms with E-state index in [0.717, 1.165) is 10.9 Å². The molecule has 2 rings (SSSR count). The Hall–Kier alpha value is -2.25. The second-order valence-electron chi connectivity index (χ2n) is 3.77. The van der Waals surface area contributed by atoms with Crippen LogP contribution in [0.25, 0.3) is 11.0 Å². The quantitative estimate of drug-likeness (QED) is 0.824. The van der Waals surface area contributed by atoms with Gasteiger partial charge >= 0.3 is 5.97 Å². The van der Waals surface area contributed by atoms with Gasteiger partial charge in [0.05, 0.1) is 0 Å². The van der Waals surface area contributed by atoms with Crippen molar-refractivity contribution in [2.45, 2.75) is 6.92 Å². The van der Waals surface area contributed by atoms with Crippen LogP contribution < -0.4 is 0 Å². The maximum atomic E-state index is 11.0. The molecule has 0 radical (unpaired) electrons. The number of carboxylic acids is 1. The lowest BCUT2D eigenvalue weighted by molar-refractivity contribution is 0.0664. The number of carboxylic acid groups (broad SMARTS) is 1. The normalized spacial score (nSPS) is 10.1. The number of aromatic carboxylic acids is 1. The van der Waals surface area contributed by atoms with Crippen LogP contribution in [0.1, 0.15) is 21.7 Å². The highest BCUT2D eigenvalue weighted by Gasteiger charge is 2.17. The van der Waals surface area contributed by atoms with Gasteiger partial charge in [-0.05, 0) is 19.1 Å². The van der Waals surface area contributed by atoms with Crippen LogP contribution in [0.2, 0.25) is 0 Å². The number of carbonyl (C=O) groups is 1. The third-order valence-corrected chi connectivity index (χ3v) is 2.59. The van der Waals surface area contributed by atoms with Gasteiger partial charge in [0.1, 0.15) is 12.2 Å². The molecule has 1 aromatic heterocycles. The Bertz CT molecular complexity index is 655. The zero-order valence-corrected chi connectivity index (χ0v) is 10.1. The molecule has 1 heterocycles. The van der Waals surface area contributed by atoms with Crippen LogP contribution in [0.4, 0.5) is 0 Å². The molecule has 0 atom stereocenters. The van der Waals surface area contributed by atoms with Crippen molar-refractivity contribution in [2.75, 3.05) is 13.7 Å². The summed E-state index contributed by atoms with van der Waals surface area (Å²) in [6.07, 6.45) is 0. The molecule has 0 spiro atoms. The van der Waals surface area contributed by atoms with Crippen molar-refractivity contribution in [1.82, 2.24) is 0 Å². The zero-order valence-electron chi connectivity index (χ0n) is 10.1. The van der Waals surface area contributed by atoms with Crippen molar-refractivity contribution >= 4 is 16.9 Å². The maximum Gasteiger partial charge on any atom is 0.372 e. The van der Waals surface area contributed by atoms with Gasteiger partial charge in [0.2, 0.25) is 5.76 Å². The van der Waals surface area contributed by atoms with Crippen LogP contribution in [-0.2, 0) is 4.74 Å². The van der Waals surface area contributed by atoms with Gasteiger partial charge in [-0.15, -0.1) is 0 Å². The first-order valence-corrected chi connectivity index (χ1v) is 5.38. The molecule has 0 aliphatic carbocycles. The highest BCUT2D eigenvalue weighted by atomic mass is 16.5. The lowest BCUT2D eigenvalue weighted by Gasteiger charge is -1.94. The maximum absolute atomic E-state index is 11.0. The van der Waals surface area contributed by atoms with Crippen LogP contribution in [0.3, 0.4) is 0 Å². The van der Waals surface area contributed by atoms with Crippen LogP contribution in [0.15, 0.2) is 22.6 Å². The van der Waals surface area contributed by atoms with Crippen LogP contribution in [0, 0.1) is 18.8 Å². The molecule has 18 heavy (non-hydrogen) atoms. The second kappa shape index (κ2) is 4.94. The predicted molar refractivity (Wildman–Crippen MR) is 66.7 cm³/mol. The Kier molecular flexibility index (Phi) is 3.35. The second-order valence-corrected chi connectivity index (χ2v) is 3.77. The summed E-state index contributed by atoms with van der Waals surface area (Å²) in [7, 11) is 1.57. The molecule has 0 saturated heterocycles. The average molecular weight is 244 g/mol. The van der Waals surface area contributed by atoms with E-state index in [1.165, 1.54) is 0 Å². The summed E-state index contributed by atoms with van der Waals surface area (Å²) in [4.78, 5) is 11.0. The highest BCUT2D eigenvalue weighted by molar-refractivity contribution is 5.97. The number of ether oxygens (including phenoxy) is 1. The summed E-state index contributed by atoms with van der Waals surface area (Å²) in [5.41, 5.74) is 1.88. The van der Waals surface area contributed by atoms with Gasteiger partial charge in [0.15, 0.2) is 0 Å². The van der Waals surface area contributed by atoms with Crippen molar-refractivity contribution in [3.05, 3.63) is 35.1 Å². The zero-order chi connectivity index (χ0) is 13.1. The van der Waals surface area contributed by atoms with E-state index in [4.69, 9.17) is 14.3 Å². The summed E-state index contributed by atoms with van der Waals surface area (Å²) >= 11 is 0. The van der Waals surface area contributed by atoms with E-state index in [1.54, 1.807) is 26.2 Å². The molecule has 4 nitrogen and oxygen atoms in total. The van der Waals surface area contributed by atoms with Gasteiger partial charge < -0.3 is 14.3 Å². The van der Waals surface area contributed by atoms with Gasteiger partial charge in [-0.25, -0.2) is 4.79 Å². The summed E-state index contributed by atoms with van der Waals surface area (Å²) in [6.45, 7) is 2.05. The lowest BCUT2D eigenvalue weighted by atomic mass is 10.1. The van der Waals surface area contributed by atoms with Gasteiger partial charge in [0.25, 0.3) is 0 Å². The molecule has 4 heteroatoms. The summed E-state index contributed by atoms with van der Waals surface area (Å²) in [5.74, 6) is 4.70. The molecule has 0 amide bonds. The Morgan fingerprint density at radius 1 is 1.50 bits per heavy atom.